The highest BCUT2D eigenvalue weighted by Gasteiger charge is 2.60. The lowest BCUT2D eigenvalue weighted by Gasteiger charge is -2.49. The van der Waals surface area contributed by atoms with Crippen LogP contribution in [0.3, 0.4) is 0 Å². The second-order valence-electron chi connectivity index (χ2n) is 10.9. The van der Waals surface area contributed by atoms with Gasteiger partial charge in [0, 0.05) is 20.3 Å². The maximum absolute atomic E-state index is 10.8. The monoisotopic (exact) mass is 586 g/mol. The lowest BCUT2D eigenvalue weighted by atomic mass is 9.99. The normalized spacial score (nSPS) is 21.5. The third-order valence-electron chi connectivity index (χ3n) is 9.03. The fraction of sp³-hybridized carbons (Fsp3) is 0.786. The molecule has 0 radical (unpaired) electrons. The maximum atomic E-state index is 10.8. The lowest BCUT2D eigenvalue weighted by Crippen LogP contribution is -3.00. The summed E-state index contributed by atoms with van der Waals surface area (Å²) in [6.07, 6.45) is 21.6. The molecule has 3 aliphatic carbocycles. The Morgan fingerprint density at radius 3 is 1.69 bits per heavy atom. The second kappa shape index (κ2) is 14.7. The van der Waals surface area contributed by atoms with E-state index in [0.717, 1.165) is 22.7 Å². The molecule has 0 atom stereocenters. The molecule has 7 heteroatoms. The van der Waals surface area contributed by atoms with Gasteiger partial charge >= 0.3 is 0 Å². The van der Waals surface area contributed by atoms with Crippen LogP contribution in [0.2, 0.25) is 0 Å². The minimum Gasteiger partial charge on any atom is -1.00 e. The summed E-state index contributed by atoms with van der Waals surface area (Å²) < 4.78 is 17.6. The van der Waals surface area contributed by atoms with Crippen molar-refractivity contribution < 1.29 is 36.3 Å². The first kappa shape index (κ1) is 29.4. The van der Waals surface area contributed by atoms with Crippen LogP contribution in [0.25, 0.3) is 0 Å². The summed E-state index contributed by atoms with van der Waals surface area (Å²) in [6.45, 7) is 0. The molecular weight excluding hydrogens is 539 g/mol. The number of hydrogen-bond donors (Lipinski definition) is 1. The molecule has 0 amide bonds. The van der Waals surface area contributed by atoms with Gasteiger partial charge in [-0.1, -0.05) is 19.3 Å². The first-order chi connectivity index (χ1) is 16.7. The van der Waals surface area contributed by atoms with Gasteiger partial charge in [0.1, 0.15) is 26.5 Å². The minimum absolute atomic E-state index is 0. The Morgan fingerprint density at radius 1 is 0.800 bits per heavy atom. The Bertz CT molecular complexity index is 699. The third-order valence-corrected chi connectivity index (χ3v) is 17.0. The van der Waals surface area contributed by atoms with Crippen molar-refractivity contribution in [2.24, 2.45) is 0 Å². The predicted octanol–water partition coefficient (Wildman–Crippen LogP) is 3.12. The summed E-state index contributed by atoms with van der Waals surface area (Å²) in [6, 6.07) is 6.12. The SMILES string of the molecule is COC(OC)[SiH2]COc1ccc(O)cc1[P+](C1CCCCC1)(C1CCCCC1)C1CCCCC1.[Br-]. The second-order valence-corrected chi connectivity index (χ2v) is 16.9. The summed E-state index contributed by atoms with van der Waals surface area (Å²) in [5, 5.41) is 12.3. The highest BCUT2D eigenvalue weighted by molar-refractivity contribution is 7.85. The van der Waals surface area contributed by atoms with E-state index < -0.39 is 16.8 Å². The van der Waals surface area contributed by atoms with Crippen molar-refractivity contribution in [1.82, 2.24) is 0 Å². The molecule has 3 fully saturated rings. The van der Waals surface area contributed by atoms with Crippen molar-refractivity contribution in [3.8, 4) is 11.5 Å². The first-order valence-electron chi connectivity index (χ1n) is 14.1. The van der Waals surface area contributed by atoms with Gasteiger partial charge in [0.25, 0.3) is 0 Å². The average Bonchev–Trinajstić information content (AvgIpc) is 2.90. The van der Waals surface area contributed by atoms with Crippen molar-refractivity contribution in [2.45, 2.75) is 119 Å². The van der Waals surface area contributed by atoms with Crippen molar-refractivity contribution >= 4 is 22.1 Å². The summed E-state index contributed by atoms with van der Waals surface area (Å²) in [5.74, 6) is 1.40. The highest BCUT2D eigenvalue weighted by Crippen LogP contribution is 2.77. The standard InChI is InChI=1S/C28H47O4PSi.BrH/c1-30-28(31-2)34-21-32-26-19-18-22(29)20-27(26)33(23-12-6-3-7-13-23,24-14-8-4-9-15-24)25-16-10-5-11-17-25;/h18-20,23-25,28H,3-17,21,34H2,1-2H3;1H. The molecule has 35 heavy (non-hydrogen) atoms. The smallest absolute Gasteiger partial charge is 0.161 e. The molecule has 0 aromatic heterocycles. The molecular formula is C28H48BrO4PSi. The van der Waals surface area contributed by atoms with Gasteiger partial charge < -0.3 is 36.3 Å². The molecule has 3 aliphatic rings. The number of halogens is 1. The van der Waals surface area contributed by atoms with Gasteiger partial charge in [-0.15, -0.1) is 0 Å². The topological polar surface area (TPSA) is 47.9 Å². The largest absolute Gasteiger partial charge is 1.00 e. The third kappa shape index (κ3) is 6.85. The predicted molar refractivity (Wildman–Crippen MR) is 147 cm³/mol. The summed E-state index contributed by atoms with van der Waals surface area (Å²) in [7, 11) is 1.22. The minimum atomic E-state index is -1.55. The molecule has 0 bridgehead atoms. The van der Waals surface area contributed by atoms with E-state index in [4.69, 9.17) is 14.2 Å². The summed E-state index contributed by atoms with van der Waals surface area (Å²) >= 11 is 0. The van der Waals surface area contributed by atoms with Crippen LogP contribution in [0.15, 0.2) is 18.2 Å². The van der Waals surface area contributed by atoms with Crippen LogP contribution in [-0.4, -0.2) is 58.0 Å². The molecule has 0 unspecified atom stereocenters. The number of phenols is 1. The Labute approximate surface area is 227 Å². The number of phenolic OH excluding ortho intramolecular Hbond substituents is 1. The van der Waals surface area contributed by atoms with E-state index in [9.17, 15) is 5.11 Å². The van der Waals surface area contributed by atoms with Crippen LogP contribution in [-0.2, 0) is 9.47 Å². The molecule has 200 valence electrons. The zero-order valence-corrected chi connectivity index (χ0v) is 26.0. The van der Waals surface area contributed by atoms with E-state index in [1.807, 2.05) is 6.07 Å². The number of benzene rings is 1. The van der Waals surface area contributed by atoms with Crippen LogP contribution < -0.4 is 27.0 Å². The fourth-order valence-corrected chi connectivity index (χ4v) is 16.0. The van der Waals surface area contributed by atoms with Crippen molar-refractivity contribution in [1.29, 1.82) is 0 Å². The van der Waals surface area contributed by atoms with E-state index in [-0.39, 0.29) is 22.9 Å². The Morgan fingerprint density at radius 2 is 1.26 bits per heavy atom. The van der Waals surface area contributed by atoms with Crippen molar-refractivity contribution in [3.63, 3.8) is 0 Å². The van der Waals surface area contributed by atoms with Gasteiger partial charge in [0.05, 0.1) is 30.5 Å². The van der Waals surface area contributed by atoms with E-state index >= 15 is 0 Å². The quantitative estimate of drug-likeness (QED) is 0.260. The molecule has 0 spiro atoms. The summed E-state index contributed by atoms with van der Waals surface area (Å²) in [5.41, 5.74) is 2.46. The molecule has 1 aromatic rings. The van der Waals surface area contributed by atoms with Crippen molar-refractivity contribution in [3.05, 3.63) is 18.2 Å². The lowest BCUT2D eigenvalue weighted by molar-refractivity contribution is -0.0451. The van der Waals surface area contributed by atoms with Crippen LogP contribution in [0.5, 0.6) is 11.5 Å². The highest BCUT2D eigenvalue weighted by atomic mass is 79.9. The van der Waals surface area contributed by atoms with Gasteiger partial charge in [-0.25, -0.2) is 0 Å². The van der Waals surface area contributed by atoms with Crippen molar-refractivity contribution in [2.75, 3.05) is 20.4 Å². The fourth-order valence-electron chi connectivity index (χ4n) is 7.54. The first-order valence-corrected chi connectivity index (χ1v) is 17.9. The summed E-state index contributed by atoms with van der Waals surface area (Å²) in [4.78, 5) is 0. The van der Waals surface area contributed by atoms with Crippen LogP contribution in [0, 0.1) is 0 Å². The number of ether oxygens (including phenoxy) is 3. The average molecular weight is 588 g/mol. The Balaban J connectivity index is 0.00000342. The maximum Gasteiger partial charge on any atom is 0.161 e. The van der Waals surface area contributed by atoms with Gasteiger partial charge in [-0.3, -0.25) is 0 Å². The number of rotatable bonds is 10. The molecule has 4 rings (SSSR count). The van der Waals surface area contributed by atoms with Gasteiger partial charge in [-0.05, 0) is 89.2 Å². The van der Waals surface area contributed by atoms with Gasteiger partial charge in [0.15, 0.2) is 5.75 Å². The van der Waals surface area contributed by atoms with Crippen LogP contribution >= 0.6 is 7.26 Å². The molecule has 1 aromatic carbocycles. The van der Waals surface area contributed by atoms with Gasteiger partial charge in [0.2, 0.25) is 0 Å². The Hall–Kier alpha value is -0.133. The molecule has 3 saturated carbocycles. The Kier molecular flexibility index (Phi) is 12.4. The van der Waals surface area contributed by atoms with Gasteiger partial charge in [-0.2, -0.15) is 0 Å². The molecule has 0 aliphatic heterocycles. The number of aromatic hydroxyl groups is 1. The van der Waals surface area contributed by atoms with Crippen LogP contribution in [0.1, 0.15) is 96.3 Å². The van der Waals surface area contributed by atoms with E-state index in [1.165, 1.54) is 102 Å². The zero-order valence-electron chi connectivity index (χ0n) is 22.1. The van der Waals surface area contributed by atoms with E-state index in [0.29, 0.717) is 12.0 Å². The molecule has 4 nitrogen and oxygen atoms in total. The number of methoxy groups -OCH3 is 2. The zero-order chi connectivity index (χ0) is 23.8. The van der Waals surface area contributed by atoms with E-state index in [1.54, 1.807) is 14.2 Å². The van der Waals surface area contributed by atoms with Crippen LogP contribution in [0.4, 0.5) is 0 Å². The van der Waals surface area contributed by atoms with E-state index in [2.05, 4.69) is 12.1 Å². The molecule has 0 saturated heterocycles. The number of hydrogen-bond acceptors (Lipinski definition) is 4. The molecule has 1 N–H and O–H groups in total. The molecule has 0 heterocycles.